The van der Waals surface area contributed by atoms with Crippen LogP contribution in [0.4, 0.5) is 5.82 Å². The average molecular weight is 418 g/mol. The second-order valence-electron chi connectivity index (χ2n) is 7.78. The first kappa shape index (κ1) is 21.3. The molecule has 31 heavy (non-hydrogen) atoms. The molecule has 2 aromatic carbocycles. The summed E-state index contributed by atoms with van der Waals surface area (Å²) in [6.45, 7) is 9.77. The summed E-state index contributed by atoms with van der Waals surface area (Å²) in [7, 11) is 0. The van der Waals surface area contributed by atoms with Gasteiger partial charge in [0.05, 0.1) is 12.3 Å². The minimum atomic E-state index is 0.00157. The number of allylic oxidation sites excluding steroid dienone is 1. The molecule has 0 amide bonds. The normalized spacial score (nSPS) is 15.5. The Bertz CT molecular complexity index is 1060. The highest BCUT2D eigenvalue weighted by molar-refractivity contribution is 5.95. The van der Waals surface area contributed by atoms with Crippen molar-refractivity contribution in [3.05, 3.63) is 71.9 Å². The van der Waals surface area contributed by atoms with Crippen LogP contribution in [0.2, 0.25) is 0 Å². The molecule has 0 radical (unpaired) electrons. The summed E-state index contributed by atoms with van der Waals surface area (Å²) in [4.78, 5) is 10.1. The van der Waals surface area contributed by atoms with Crippen molar-refractivity contribution in [1.82, 2.24) is 9.88 Å². The van der Waals surface area contributed by atoms with E-state index in [0.717, 1.165) is 61.1 Å². The lowest BCUT2D eigenvalue weighted by Crippen LogP contribution is -2.46. The third kappa shape index (κ3) is 4.73. The number of ether oxygens (including phenoxy) is 1. The molecule has 5 heteroatoms. The number of fused-ring (bicyclic) bond motifs is 1. The van der Waals surface area contributed by atoms with Crippen LogP contribution in [0.15, 0.2) is 60.7 Å². The van der Waals surface area contributed by atoms with Gasteiger partial charge in [-0.05, 0) is 42.6 Å². The fraction of sp³-hybridized carbons (Fsp3) is 0.346. The highest BCUT2D eigenvalue weighted by atomic mass is 16.5. The Labute approximate surface area is 184 Å². The quantitative estimate of drug-likeness (QED) is 0.624. The van der Waals surface area contributed by atoms with Gasteiger partial charge in [-0.1, -0.05) is 49.4 Å². The van der Waals surface area contributed by atoms with Gasteiger partial charge >= 0.3 is 0 Å². The lowest BCUT2D eigenvalue weighted by atomic mass is 9.99. The molecule has 0 aliphatic carbocycles. The fourth-order valence-electron chi connectivity index (χ4n) is 4.21. The zero-order valence-electron chi connectivity index (χ0n) is 18.4. The van der Waals surface area contributed by atoms with Gasteiger partial charge in [0.25, 0.3) is 0 Å². The van der Waals surface area contributed by atoms with Gasteiger partial charge in [0.1, 0.15) is 18.2 Å². The van der Waals surface area contributed by atoms with Crippen molar-refractivity contribution >= 4 is 22.2 Å². The fourth-order valence-corrected chi connectivity index (χ4v) is 4.21. The number of aliphatic hydroxyl groups is 1. The van der Waals surface area contributed by atoms with Crippen LogP contribution >= 0.6 is 0 Å². The van der Waals surface area contributed by atoms with E-state index >= 15 is 0 Å². The van der Waals surface area contributed by atoms with E-state index in [1.807, 2.05) is 25.1 Å². The van der Waals surface area contributed by atoms with Gasteiger partial charge < -0.3 is 19.6 Å². The molecular formula is C26H31N3O2. The zero-order chi connectivity index (χ0) is 21.6. The number of likely N-dealkylation sites (N-methyl/N-ethyl adjacent to an activating group) is 1. The predicted molar refractivity (Wildman–Crippen MR) is 128 cm³/mol. The summed E-state index contributed by atoms with van der Waals surface area (Å²) in [6, 6.07) is 18.7. The molecule has 0 atom stereocenters. The van der Waals surface area contributed by atoms with Crippen LogP contribution in [0.3, 0.4) is 0 Å². The Balaban J connectivity index is 1.73. The van der Waals surface area contributed by atoms with Crippen LogP contribution in [-0.2, 0) is 0 Å². The second kappa shape index (κ2) is 9.94. The minimum Gasteiger partial charge on any atom is -0.491 e. The van der Waals surface area contributed by atoms with Crippen LogP contribution in [0, 0.1) is 0 Å². The molecule has 0 spiro atoms. The molecule has 0 unspecified atom stereocenters. The Hall–Kier alpha value is -2.89. The third-order valence-electron chi connectivity index (χ3n) is 5.91. The van der Waals surface area contributed by atoms with Crippen molar-refractivity contribution in [1.29, 1.82) is 0 Å². The number of aromatic nitrogens is 1. The maximum absolute atomic E-state index is 9.06. The highest BCUT2D eigenvalue weighted by Crippen LogP contribution is 2.32. The smallest absolute Gasteiger partial charge is 0.137 e. The first-order valence-corrected chi connectivity index (χ1v) is 11.1. The highest BCUT2D eigenvalue weighted by Gasteiger charge is 2.20. The number of rotatable bonds is 7. The molecule has 162 valence electrons. The van der Waals surface area contributed by atoms with Crippen molar-refractivity contribution in [2.24, 2.45) is 0 Å². The van der Waals surface area contributed by atoms with Crippen LogP contribution in [-0.4, -0.2) is 60.9 Å². The summed E-state index contributed by atoms with van der Waals surface area (Å²) in [5.74, 6) is 1.82. The second-order valence-corrected chi connectivity index (χ2v) is 7.78. The van der Waals surface area contributed by atoms with Crippen LogP contribution < -0.4 is 9.64 Å². The van der Waals surface area contributed by atoms with E-state index in [4.69, 9.17) is 14.8 Å². The topological polar surface area (TPSA) is 48.8 Å². The summed E-state index contributed by atoms with van der Waals surface area (Å²) in [6.07, 6.45) is 2.11. The van der Waals surface area contributed by atoms with Crippen molar-refractivity contribution in [3.8, 4) is 5.75 Å². The van der Waals surface area contributed by atoms with E-state index < -0.39 is 0 Å². The molecule has 2 heterocycles. The number of anilines is 1. The number of aliphatic hydroxyl groups excluding tert-OH is 1. The Morgan fingerprint density at radius 2 is 1.87 bits per heavy atom. The molecule has 1 fully saturated rings. The maximum atomic E-state index is 9.06. The number of hydrogen-bond donors (Lipinski definition) is 1. The molecule has 1 saturated heterocycles. The van der Waals surface area contributed by atoms with Crippen molar-refractivity contribution in [2.75, 3.05) is 50.8 Å². The molecule has 0 bridgehead atoms. The number of hydrogen-bond acceptors (Lipinski definition) is 5. The first-order valence-electron chi connectivity index (χ1n) is 11.1. The van der Waals surface area contributed by atoms with Crippen molar-refractivity contribution in [2.45, 2.75) is 13.8 Å². The standard InChI is InChI=1S/C26H31N3O2/c1-3-23(20-9-7-10-22(18-20)31-17-16-30)25-19-21-8-5-6-11-24(21)26(27-25)29-14-12-28(4-2)13-15-29/h3,5-11,18-19,30H,4,12-17H2,1-2H3. The molecule has 1 aliphatic rings. The van der Waals surface area contributed by atoms with Crippen molar-refractivity contribution < 1.29 is 9.84 Å². The Morgan fingerprint density at radius 3 is 2.61 bits per heavy atom. The lowest BCUT2D eigenvalue weighted by Gasteiger charge is -2.35. The van der Waals surface area contributed by atoms with Crippen molar-refractivity contribution in [3.63, 3.8) is 0 Å². The molecule has 3 aromatic rings. The molecule has 0 saturated carbocycles. The number of piperazine rings is 1. The zero-order valence-corrected chi connectivity index (χ0v) is 18.4. The first-order chi connectivity index (χ1) is 15.2. The van der Waals surface area contributed by atoms with Crippen LogP contribution in [0.1, 0.15) is 25.1 Å². The maximum Gasteiger partial charge on any atom is 0.137 e. The van der Waals surface area contributed by atoms with E-state index in [0.29, 0.717) is 0 Å². The molecular weight excluding hydrogens is 386 g/mol. The number of nitrogens with zero attached hydrogens (tertiary/aromatic N) is 3. The summed E-state index contributed by atoms with van der Waals surface area (Å²) >= 11 is 0. The van der Waals surface area contributed by atoms with E-state index in [2.05, 4.69) is 59.2 Å². The average Bonchev–Trinajstić information content (AvgIpc) is 2.83. The van der Waals surface area contributed by atoms with E-state index in [1.165, 1.54) is 10.8 Å². The third-order valence-corrected chi connectivity index (χ3v) is 5.91. The molecule has 5 nitrogen and oxygen atoms in total. The van der Waals surface area contributed by atoms with Gasteiger partial charge in [-0.2, -0.15) is 0 Å². The molecule has 1 N–H and O–H groups in total. The molecule has 1 aromatic heterocycles. The van der Waals surface area contributed by atoms with Gasteiger partial charge in [-0.25, -0.2) is 4.98 Å². The van der Waals surface area contributed by atoms with Gasteiger partial charge in [0.15, 0.2) is 0 Å². The molecule has 4 rings (SSSR count). The largest absolute Gasteiger partial charge is 0.491 e. The van der Waals surface area contributed by atoms with Gasteiger partial charge in [-0.15, -0.1) is 0 Å². The Morgan fingerprint density at radius 1 is 1.06 bits per heavy atom. The minimum absolute atomic E-state index is 0.00157. The monoisotopic (exact) mass is 417 g/mol. The van der Waals surface area contributed by atoms with E-state index in [9.17, 15) is 0 Å². The lowest BCUT2D eigenvalue weighted by molar-refractivity contribution is 0.201. The number of benzene rings is 2. The predicted octanol–water partition coefficient (Wildman–Crippen LogP) is 4.20. The summed E-state index contributed by atoms with van der Waals surface area (Å²) in [5, 5.41) is 11.5. The molecule has 1 aliphatic heterocycles. The summed E-state index contributed by atoms with van der Waals surface area (Å²) in [5.41, 5.74) is 3.10. The van der Waals surface area contributed by atoms with Gasteiger partial charge in [0, 0.05) is 37.1 Å². The van der Waals surface area contributed by atoms with E-state index in [-0.39, 0.29) is 13.2 Å². The number of pyridine rings is 1. The van der Waals surface area contributed by atoms with Crippen LogP contribution in [0.5, 0.6) is 5.75 Å². The summed E-state index contributed by atoms with van der Waals surface area (Å²) < 4.78 is 5.63. The van der Waals surface area contributed by atoms with Gasteiger partial charge in [0.2, 0.25) is 0 Å². The van der Waals surface area contributed by atoms with E-state index in [1.54, 1.807) is 0 Å². The SMILES string of the molecule is CC=C(c1cccc(OCCO)c1)c1cc2ccccc2c(N2CCN(CC)CC2)n1. The van der Waals surface area contributed by atoms with Gasteiger partial charge in [-0.3, -0.25) is 0 Å². The van der Waals surface area contributed by atoms with Crippen LogP contribution in [0.25, 0.3) is 16.3 Å². The Kier molecular flexibility index (Phi) is 6.85.